The van der Waals surface area contributed by atoms with Crippen LogP contribution in [-0.2, 0) is 15.0 Å². The van der Waals surface area contributed by atoms with Crippen LogP contribution in [0.4, 0.5) is 14.7 Å². The summed E-state index contributed by atoms with van der Waals surface area (Å²) in [5.74, 6) is -0.997. The summed E-state index contributed by atoms with van der Waals surface area (Å²) in [5, 5.41) is 9.14. The van der Waals surface area contributed by atoms with Crippen molar-refractivity contribution in [1.29, 1.82) is 5.26 Å². The number of imidazole rings is 1. The summed E-state index contributed by atoms with van der Waals surface area (Å²) in [6.07, 6.45) is 0. The lowest BCUT2D eigenvalue weighted by Gasteiger charge is -2.26. The number of rotatable bonds is 5. The molecule has 0 saturated carbocycles. The number of hydrogen-bond donors (Lipinski definition) is 0. The number of alkyl halides is 1. The molecule has 0 unspecified atom stereocenters. The molecule has 1 aromatic heterocycles. The van der Waals surface area contributed by atoms with Gasteiger partial charge in [0, 0.05) is 25.2 Å². The Balaban J connectivity index is 1.96. The van der Waals surface area contributed by atoms with Crippen molar-refractivity contribution in [2.75, 3.05) is 43.9 Å². The maximum Gasteiger partial charge on any atom is 0.234 e. The molecule has 1 saturated heterocycles. The number of fused-ring (bicyclic) bond motifs is 1. The highest BCUT2D eigenvalue weighted by Crippen LogP contribution is 2.34. The van der Waals surface area contributed by atoms with Crippen LogP contribution < -0.4 is 0 Å². The predicted octanol–water partition coefficient (Wildman–Crippen LogP) is 3.75. The standard InChI is InChI=1S/C20H24F2IN5O2/c1-20(2,3)28-18-16(22)13(12-24)10-14(21)17(18)26-19(28)25-15(11-23)30-9-6-27-4-7-29-8-5-27/h10H,4-9,11H2,1-3H3/b25-15-. The molecule has 2 heterocycles. The molecule has 162 valence electrons. The topological polar surface area (TPSA) is 75.7 Å². The number of halogens is 3. The van der Waals surface area contributed by atoms with Crippen molar-refractivity contribution in [3.05, 3.63) is 23.3 Å². The second-order valence-electron chi connectivity index (χ2n) is 7.89. The molecule has 0 atom stereocenters. The van der Waals surface area contributed by atoms with Crippen LogP contribution in [0.3, 0.4) is 0 Å². The molecule has 0 spiro atoms. The van der Waals surface area contributed by atoms with Crippen LogP contribution in [0.1, 0.15) is 26.3 Å². The number of ether oxygens (including phenoxy) is 2. The molecule has 7 nitrogen and oxygen atoms in total. The molecule has 0 aliphatic carbocycles. The van der Waals surface area contributed by atoms with E-state index in [1.165, 1.54) is 4.57 Å². The van der Waals surface area contributed by atoms with E-state index in [-0.39, 0.29) is 22.5 Å². The zero-order valence-corrected chi connectivity index (χ0v) is 19.4. The molecule has 1 aliphatic rings. The van der Waals surface area contributed by atoms with E-state index in [0.717, 1.165) is 25.7 Å². The van der Waals surface area contributed by atoms with Gasteiger partial charge in [-0.05, 0) is 26.8 Å². The minimum absolute atomic E-state index is 0.0704. The van der Waals surface area contributed by atoms with Gasteiger partial charge in [-0.2, -0.15) is 10.3 Å². The Bertz CT molecular complexity index is 988. The third kappa shape index (κ3) is 4.90. The molecule has 30 heavy (non-hydrogen) atoms. The first-order valence-electron chi connectivity index (χ1n) is 9.63. The fraction of sp³-hybridized carbons (Fsp3) is 0.550. The highest BCUT2D eigenvalue weighted by Gasteiger charge is 2.27. The van der Waals surface area contributed by atoms with Gasteiger partial charge in [-0.25, -0.2) is 13.8 Å². The normalized spacial score (nSPS) is 16.1. The fourth-order valence-electron chi connectivity index (χ4n) is 3.28. The van der Waals surface area contributed by atoms with E-state index in [4.69, 9.17) is 14.7 Å². The van der Waals surface area contributed by atoms with E-state index in [1.54, 1.807) is 6.07 Å². The van der Waals surface area contributed by atoms with Gasteiger partial charge in [0.2, 0.25) is 11.8 Å². The molecule has 1 aliphatic heterocycles. The summed E-state index contributed by atoms with van der Waals surface area (Å²) in [6, 6.07) is 2.56. The quantitative estimate of drug-likeness (QED) is 0.254. The zero-order valence-electron chi connectivity index (χ0n) is 17.2. The molecule has 0 amide bonds. The van der Waals surface area contributed by atoms with Crippen LogP contribution in [0.2, 0.25) is 0 Å². The Morgan fingerprint density at radius 1 is 1.37 bits per heavy atom. The van der Waals surface area contributed by atoms with Crippen molar-refractivity contribution in [2.24, 2.45) is 4.99 Å². The fourth-order valence-corrected chi connectivity index (χ4v) is 3.68. The van der Waals surface area contributed by atoms with Gasteiger partial charge in [0.25, 0.3) is 0 Å². The average Bonchev–Trinajstić information content (AvgIpc) is 3.11. The summed E-state index contributed by atoms with van der Waals surface area (Å²) in [7, 11) is 0. The van der Waals surface area contributed by atoms with E-state index >= 15 is 0 Å². The van der Waals surface area contributed by atoms with Crippen LogP contribution in [0.5, 0.6) is 0 Å². The highest BCUT2D eigenvalue weighted by molar-refractivity contribution is 14.1. The Hall–Kier alpha value is -1.84. The van der Waals surface area contributed by atoms with Crippen molar-refractivity contribution < 1.29 is 18.3 Å². The SMILES string of the molecule is CC(C)(C)n1c(/N=C(/CI)OCCN2CCOCC2)nc2c(F)cc(C#N)c(F)c21. The van der Waals surface area contributed by atoms with E-state index in [9.17, 15) is 8.78 Å². The second-order valence-corrected chi connectivity index (χ2v) is 8.65. The van der Waals surface area contributed by atoms with Gasteiger partial charge in [0.05, 0.1) is 23.2 Å². The maximum atomic E-state index is 14.9. The third-order valence-electron chi connectivity index (χ3n) is 4.71. The van der Waals surface area contributed by atoms with Crippen molar-refractivity contribution in [2.45, 2.75) is 26.3 Å². The number of nitrogens with zero attached hydrogens (tertiary/aromatic N) is 5. The number of hydrogen-bond acceptors (Lipinski definition) is 6. The highest BCUT2D eigenvalue weighted by atomic mass is 127. The van der Waals surface area contributed by atoms with Gasteiger partial charge in [-0.3, -0.25) is 4.90 Å². The van der Waals surface area contributed by atoms with E-state index in [0.29, 0.717) is 30.1 Å². The van der Waals surface area contributed by atoms with Crippen molar-refractivity contribution in [1.82, 2.24) is 14.5 Å². The van der Waals surface area contributed by atoms with Crippen LogP contribution in [0.15, 0.2) is 11.1 Å². The number of nitriles is 1. The summed E-state index contributed by atoms with van der Waals surface area (Å²) in [4.78, 5) is 11.0. The Kier molecular flexibility index (Phi) is 7.26. The third-order valence-corrected chi connectivity index (χ3v) is 5.36. The van der Waals surface area contributed by atoms with E-state index in [1.807, 2.05) is 20.8 Å². The average molecular weight is 531 g/mol. The second kappa shape index (κ2) is 9.53. The molecule has 0 radical (unpaired) electrons. The maximum absolute atomic E-state index is 14.9. The lowest BCUT2D eigenvalue weighted by Crippen LogP contribution is -2.38. The van der Waals surface area contributed by atoms with E-state index in [2.05, 4.69) is 37.5 Å². The van der Waals surface area contributed by atoms with Gasteiger partial charge in [0.1, 0.15) is 23.7 Å². The number of benzene rings is 1. The molecule has 1 fully saturated rings. The molecule has 10 heteroatoms. The summed E-state index contributed by atoms with van der Waals surface area (Å²) < 4.78 is 42.6. The van der Waals surface area contributed by atoms with Gasteiger partial charge in [0.15, 0.2) is 11.6 Å². The smallest absolute Gasteiger partial charge is 0.234 e. The molecular formula is C20H24F2IN5O2. The van der Waals surface area contributed by atoms with Gasteiger partial charge in [-0.15, -0.1) is 0 Å². The number of morpholine rings is 1. The number of aromatic nitrogens is 2. The Morgan fingerprint density at radius 2 is 2.07 bits per heavy atom. The molecular weight excluding hydrogens is 507 g/mol. The molecule has 1 aromatic carbocycles. The lowest BCUT2D eigenvalue weighted by molar-refractivity contribution is 0.0315. The minimum Gasteiger partial charge on any atom is -0.479 e. The van der Waals surface area contributed by atoms with Crippen LogP contribution in [0, 0.1) is 23.0 Å². The van der Waals surface area contributed by atoms with Crippen LogP contribution in [0.25, 0.3) is 11.0 Å². The van der Waals surface area contributed by atoms with Crippen molar-refractivity contribution >= 4 is 45.5 Å². The summed E-state index contributed by atoms with van der Waals surface area (Å²) in [5.41, 5.74) is -1.24. The van der Waals surface area contributed by atoms with Crippen molar-refractivity contribution in [3.8, 4) is 6.07 Å². The zero-order chi connectivity index (χ0) is 21.9. The molecule has 3 rings (SSSR count). The summed E-state index contributed by atoms with van der Waals surface area (Å²) >= 11 is 2.13. The minimum atomic E-state index is -0.804. The largest absolute Gasteiger partial charge is 0.479 e. The van der Waals surface area contributed by atoms with E-state index < -0.39 is 17.2 Å². The lowest BCUT2D eigenvalue weighted by atomic mass is 10.1. The first-order chi connectivity index (χ1) is 14.3. The van der Waals surface area contributed by atoms with Crippen molar-refractivity contribution in [3.63, 3.8) is 0 Å². The van der Waals surface area contributed by atoms with Gasteiger partial charge >= 0.3 is 0 Å². The Labute approximate surface area is 187 Å². The Morgan fingerprint density at radius 3 is 2.67 bits per heavy atom. The first kappa shape index (κ1) is 22.8. The molecule has 2 aromatic rings. The monoisotopic (exact) mass is 531 g/mol. The van der Waals surface area contributed by atoms with Crippen LogP contribution in [-0.4, -0.2) is 64.2 Å². The first-order valence-corrected chi connectivity index (χ1v) is 11.2. The number of aliphatic imine (C=N–C) groups is 1. The molecule has 0 bridgehead atoms. The molecule has 0 N–H and O–H groups in total. The van der Waals surface area contributed by atoms with Gasteiger partial charge < -0.3 is 14.0 Å². The van der Waals surface area contributed by atoms with Crippen LogP contribution >= 0.6 is 22.6 Å². The summed E-state index contributed by atoms with van der Waals surface area (Å²) in [6.45, 7) is 9.85. The predicted molar refractivity (Wildman–Crippen MR) is 119 cm³/mol. The van der Waals surface area contributed by atoms with Gasteiger partial charge in [-0.1, -0.05) is 22.6 Å².